The largest absolute Gasteiger partial charge is 0.379 e. The normalized spacial score (nSPS) is 23.4. The van der Waals surface area contributed by atoms with Gasteiger partial charge in [0.25, 0.3) is 0 Å². The zero-order valence-corrected chi connectivity index (χ0v) is 9.25. The number of amides is 2. The Labute approximate surface area is 85.6 Å². The van der Waals surface area contributed by atoms with Crippen LogP contribution in [-0.2, 0) is 4.74 Å². The first-order valence-corrected chi connectivity index (χ1v) is 5.26. The number of nitrogens with zero attached hydrogens (tertiary/aromatic N) is 1. The van der Waals surface area contributed by atoms with E-state index in [1.165, 1.54) is 0 Å². The quantitative estimate of drug-likeness (QED) is 0.691. The fraction of sp³-hybridized carbons (Fsp3) is 0.900. The van der Waals surface area contributed by atoms with E-state index >= 15 is 0 Å². The molecular weight excluding hydrogens is 180 g/mol. The Hall–Kier alpha value is -0.770. The molecule has 0 aliphatic carbocycles. The van der Waals surface area contributed by atoms with Crippen LogP contribution >= 0.6 is 0 Å². The fourth-order valence-corrected chi connectivity index (χ4v) is 1.53. The van der Waals surface area contributed by atoms with Gasteiger partial charge in [0, 0.05) is 19.2 Å². The predicted octanol–water partition coefficient (Wildman–Crippen LogP) is 1.22. The molecule has 14 heavy (non-hydrogen) atoms. The van der Waals surface area contributed by atoms with E-state index < -0.39 is 0 Å². The molecule has 0 aromatic carbocycles. The van der Waals surface area contributed by atoms with Gasteiger partial charge in [0.2, 0.25) is 0 Å². The maximum Gasteiger partial charge on any atom is 0.317 e. The second-order valence-corrected chi connectivity index (χ2v) is 4.08. The van der Waals surface area contributed by atoms with Crippen LogP contribution < -0.4 is 5.32 Å². The van der Waals surface area contributed by atoms with Crippen molar-refractivity contribution in [3.8, 4) is 0 Å². The first-order chi connectivity index (χ1) is 6.61. The van der Waals surface area contributed by atoms with Crippen molar-refractivity contribution < 1.29 is 9.53 Å². The van der Waals surface area contributed by atoms with Crippen molar-refractivity contribution in [1.29, 1.82) is 0 Å². The molecule has 0 bridgehead atoms. The summed E-state index contributed by atoms with van der Waals surface area (Å²) in [4.78, 5) is 13.6. The molecule has 0 spiro atoms. The summed E-state index contributed by atoms with van der Waals surface area (Å²) in [6.45, 7) is 8.15. The van der Waals surface area contributed by atoms with Crippen LogP contribution in [0, 0.1) is 0 Å². The molecule has 82 valence electrons. The van der Waals surface area contributed by atoms with Gasteiger partial charge in [-0.2, -0.15) is 0 Å². The number of ether oxygens (including phenoxy) is 1. The smallest absolute Gasteiger partial charge is 0.317 e. The van der Waals surface area contributed by atoms with Crippen LogP contribution in [0.5, 0.6) is 0 Å². The standard InChI is InChI=1S/C10H20N2O2/c1-8(2)11-10(13)12-5-4-6-14-7-9(12)3/h8-9H,4-7H2,1-3H3,(H,11,13). The highest BCUT2D eigenvalue weighted by molar-refractivity contribution is 5.74. The molecule has 4 heteroatoms. The zero-order chi connectivity index (χ0) is 10.6. The van der Waals surface area contributed by atoms with E-state index in [-0.39, 0.29) is 18.1 Å². The van der Waals surface area contributed by atoms with Gasteiger partial charge in [0.05, 0.1) is 12.6 Å². The predicted molar refractivity (Wildman–Crippen MR) is 55.3 cm³/mol. The van der Waals surface area contributed by atoms with E-state index in [1.54, 1.807) is 0 Å². The van der Waals surface area contributed by atoms with E-state index in [0.717, 1.165) is 19.6 Å². The van der Waals surface area contributed by atoms with Crippen molar-refractivity contribution in [3.63, 3.8) is 0 Å². The van der Waals surface area contributed by atoms with E-state index in [4.69, 9.17) is 4.74 Å². The van der Waals surface area contributed by atoms with Crippen molar-refractivity contribution in [1.82, 2.24) is 10.2 Å². The summed E-state index contributed by atoms with van der Waals surface area (Å²) in [5.74, 6) is 0. The highest BCUT2D eigenvalue weighted by Gasteiger charge is 2.22. The molecular formula is C10H20N2O2. The van der Waals surface area contributed by atoms with E-state index in [2.05, 4.69) is 5.32 Å². The molecule has 1 heterocycles. The number of hydrogen-bond donors (Lipinski definition) is 1. The molecule has 1 N–H and O–H groups in total. The van der Waals surface area contributed by atoms with Crippen molar-refractivity contribution in [2.24, 2.45) is 0 Å². The van der Waals surface area contributed by atoms with Crippen molar-refractivity contribution in [2.45, 2.75) is 39.3 Å². The van der Waals surface area contributed by atoms with Gasteiger partial charge in [-0.15, -0.1) is 0 Å². The van der Waals surface area contributed by atoms with Gasteiger partial charge < -0.3 is 15.0 Å². The fourth-order valence-electron chi connectivity index (χ4n) is 1.53. The summed E-state index contributed by atoms with van der Waals surface area (Å²) in [5, 5.41) is 2.90. The molecule has 1 saturated heterocycles. The summed E-state index contributed by atoms with van der Waals surface area (Å²) >= 11 is 0. The van der Waals surface area contributed by atoms with E-state index in [1.807, 2.05) is 25.7 Å². The van der Waals surface area contributed by atoms with Crippen LogP contribution in [0.25, 0.3) is 0 Å². The minimum Gasteiger partial charge on any atom is -0.379 e. The molecule has 1 aliphatic heterocycles. The van der Waals surface area contributed by atoms with E-state index in [9.17, 15) is 4.79 Å². The number of rotatable bonds is 1. The maximum atomic E-state index is 11.7. The van der Waals surface area contributed by atoms with Crippen LogP contribution in [0.3, 0.4) is 0 Å². The molecule has 1 fully saturated rings. The third-order valence-corrected chi connectivity index (χ3v) is 2.25. The maximum absolute atomic E-state index is 11.7. The van der Waals surface area contributed by atoms with E-state index in [0.29, 0.717) is 6.61 Å². The summed E-state index contributed by atoms with van der Waals surface area (Å²) < 4.78 is 5.37. The van der Waals surface area contributed by atoms with Crippen LogP contribution in [-0.4, -0.2) is 42.8 Å². The molecule has 1 rings (SSSR count). The molecule has 0 aromatic heterocycles. The molecule has 0 radical (unpaired) electrons. The lowest BCUT2D eigenvalue weighted by molar-refractivity contribution is 0.113. The van der Waals surface area contributed by atoms with Crippen LogP contribution in [0.1, 0.15) is 27.2 Å². The van der Waals surface area contributed by atoms with Crippen molar-refractivity contribution >= 4 is 6.03 Å². The number of nitrogens with one attached hydrogen (secondary N) is 1. The molecule has 2 amide bonds. The summed E-state index contributed by atoms with van der Waals surface area (Å²) in [6.07, 6.45) is 0.926. The van der Waals surface area contributed by atoms with Crippen LogP contribution in [0.2, 0.25) is 0 Å². The SMILES string of the molecule is CC(C)NC(=O)N1CCCOCC1C. The van der Waals surface area contributed by atoms with Crippen LogP contribution in [0.15, 0.2) is 0 Å². The minimum absolute atomic E-state index is 0.0259. The molecule has 1 unspecified atom stereocenters. The second-order valence-electron chi connectivity index (χ2n) is 4.08. The van der Waals surface area contributed by atoms with Gasteiger partial charge in [0.15, 0.2) is 0 Å². The first kappa shape index (κ1) is 11.3. The average Bonchev–Trinajstić information content (AvgIpc) is 2.28. The highest BCUT2D eigenvalue weighted by atomic mass is 16.5. The molecule has 0 saturated carbocycles. The summed E-state index contributed by atoms with van der Waals surface area (Å²) in [6, 6.07) is 0.396. The first-order valence-electron chi connectivity index (χ1n) is 5.26. The summed E-state index contributed by atoms with van der Waals surface area (Å²) in [5.41, 5.74) is 0. The minimum atomic E-state index is 0.0259. The van der Waals surface area contributed by atoms with Crippen LogP contribution in [0.4, 0.5) is 4.79 Å². The topological polar surface area (TPSA) is 41.6 Å². The molecule has 0 aromatic rings. The molecule has 1 aliphatic rings. The second kappa shape index (κ2) is 5.20. The Balaban J connectivity index is 2.50. The van der Waals surface area contributed by atoms with Crippen molar-refractivity contribution in [2.75, 3.05) is 19.8 Å². The Morgan fingerprint density at radius 1 is 1.57 bits per heavy atom. The lowest BCUT2D eigenvalue weighted by atomic mass is 10.3. The average molecular weight is 200 g/mol. The number of carbonyl (C=O) groups is 1. The molecule has 1 atom stereocenters. The van der Waals surface area contributed by atoms with Gasteiger partial charge in [0.1, 0.15) is 0 Å². The monoisotopic (exact) mass is 200 g/mol. The number of urea groups is 1. The lowest BCUT2D eigenvalue weighted by Crippen LogP contribution is -2.48. The van der Waals surface area contributed by atoms with Gasteiger partial charge in [-0.25, -0.2) is 4.79 Å². The number of carbonyl (C=O) groups excluding carboxylic acids is 1. The molecule has 4 nitrogen and oxygen atoms in total. The van der Waals surface area contributed by atoms with Gasteiger partial charge in [-0.1, -0.05) is 0 Å². The Morgan fingerprint density at radius 2 is 2.29 bits per heavy atom. The third-order valence-electron chi connectivity index (χ3n) is 2.25. The van der Waals surface area contributed by atoms with Gasteiger partial charge >= 0.3 is 6.03 Å². The Bertz CT molecular complexity index is 195. The zero-order valence-electron chi connectivity index (χ0n) is 9.25. The third kappa shape index (κ3) is 3.18. The van der Waals surface area contributed by atoms with Gasteiger partial charge in [-0.05, 0) is 27.2 Å². The van der Waals surface area contributed by atoms with Crippen molar-refractivity contribution in [3.05, 3.63) is 0 Å². The number of hydrogen-bond acceptors (Lipinski definition) is 2. The Kier molecular flexibility index (Phi) is 4.20. The van der Waals surface area contributed by atoms with Gasteiger partial charge in [-0.3, -0.25) is 0 Å². The lowest BCUT2D eigenvalue weighted by Gasteiger charge is -2.27. The summed E-state index contributed by atoms with van der Waals surface area (Å²) in [7, 11) is 0. The Morgan fingerprint density at radius 3 is 2.93 bits per heavy atom. The highest BCUT2D eigenvalue weighted by Crippen LogP contribution is 2.07.